The Bertz CT molecular complexity index is 507. The van der Waals surface area contributed by atoms with E-state index in [0.717, 1.165) is 0 Å². The molecule has 0 nitrogen and oxygen atoms in total. The molecule has 0 amide bonds. The second-order valence-corrected chi connectivity index (χ2v) is 5.48. The summed E-state index contributed by atoms with van der Waals surface area (Å²) in [5.41, 5.74) is 5.69. The van der Waals surface area contributed by atoms with Crippen molar-refractivity contribution < 1.29 is 0 Å². The lowest BCUT2D eigenvalue weighted by atomic mass is 9.84. The van der Waals surface area contributed by atoms with Crippen LogP contribution in [0.3, 0.4) is 0 Å². The average molecular weight is 238 g/mol. The third kappa shape index (κ3) is 2.48. The van der Waals surface area contributed by atoms with Crippen molar-refractivity contribution in [2.75, 3.05) is 0 Å². The van der Waals surface area contributed by atoms with Gasteiger partial charge in [-0.3, -0.25) is 0 Å². The zero-order valence-corrected chi connectivity index (χ0v) is 11.8. The molecule has 0 aliphatic carbocycles. The molecule has 0 fully saturated rings. The summed E-state index contributed by atoms with van der Waals surface area (Å²) in [4.78, 5) is 0. The molecular formula is C18H22. The smallest absolute Gasteiger partial charge is 0.0146 e. The lowest BCUT2D eigenvalue weighted by molar-refractivity contribution is 0.792. The fourth-order valence-electron chi connectivity index (χ4n) is 2.60. The lowest BCUT2D eigenvalue weighted by Gasteiger charge is -2.20. The molecule has 0 heteroatoms. The summed E-state index contributed by atoms with van der Waals surface area (Å²) in [6.07, 6.45) is 0. The topological polar surface area (TPSA) is 0 Å². The first-order valence-electron chi connectivity index (χ1n) is 6.79. The van der Waals surface area contributed by atoms with Gasteiger partial charge in [-0.2, -0.15) is 0 Å². The van der Waals surface area contributed by atoms with Crippen molar-refractivity contribution in [1.29, 1.82) is 0 Å². The van der Waals surface area contributed by atoms with Crippen molar-refractivity contribution in [3.05, 3.63) is 59.7 Å². The van der Waals surface area contributed by atoms with Gasteiger partial charge in [-0.1, -0.05) is 76.2 Å². The first-order chi connectivity index (χ1) is 8.61. The number of rotatable bonds is 3. The summed E-state index contributed by atoms with van der Waals surface area (Å²) in [5, 5.41) is 0. The average Bonchev–Trinajstić information content (AvgIpc) is 2.38. The van der Waals surface area contributed by atoms with Crippen molar-refractivity contribution in [2.24, 2.45) is 0 Å². The van der Waals surface area contributed by atoms with Crippen LogP contribution in [-0.2, 0) is 0 Å². The molecule has 0 unspecified atom stereocenters. The van der Waals surface area contributed by atoms with E-state index in [1.807, 2.05) is 0 Å². The Hall–Kier alpha value is -1.56. The molecule has 2 aromatic rings. The molecule has 0 saturated heterocycles. The fourth-order valence-corrected chi connectivity index (χ4v) is 2.60. The van der Waals surface area contributed by atoms with Crippen LogP contribution in [0.2, 0.25) is 0 Å². The predicted molar refractivity (Wildman–Crippen MR) is 80.1 cm³/mol. The maximum Gasteiger partial charge on any atom is -0.0146 e. The zero-order valence-electron chi connectivity index (χ0n) is 11.8. The van der Waals surface area contributed by atoms with Crippen LogP contribution in [0, 0.1) is 0 Å². The highest BCUT2D eigenvalue weighted by atomic mass is 14.2. The number of hydrogen-bond acceptors (Lipinski definition) is 0. The van der Waals surface area contributed by atoms with Crippen LogP contribution in [0.5, 0.6) is 0 Å². The molecule has 0 aliphatic rings. The van der Waals surface area contributed by atoms with E-state index in [9.17, 15) is 0 Å². The normalized spacial score (nSPS) is 11.2. The van der Waals surface area contributed by atoms with E-state index in [1.165, 1.54) is 22.3 Å². The Kier molecular flexibility index (Phi) is 3.86. The Morgan fingerprint density at radius 1 is 0.667 bits per heavy atom. The molecule has 0 bridgehead atoms. The van der Waals surface area contributed by atoms with Crippen molar-refractivity contribution in [1.82, 2.24) is 0 Å². The summed E-state index contributed by atoms with van der Waals surface area (Å²) in [6, 6.07) is 17.4. The van der Waals surface area contributed by atoms with Crippen LogP contribution < -0.4 is 0 Å². The number of benzene rings is 2. The van der Waals surface area contributed by atoms with Gasteiger partial charge in [0.2, 0.25) is 0 Å². The van der Waals surface area contributed by atoms with Gasteiger partial charge >= 0.3 is 0 Å². The highest BCUT2D eigenvalue weighted by molar-refractivity contribution is 5.69. The van der Waals surface area contributed by atoms with Gasteiger partial charge in [0.25, 0.3) is 0 Å². The third-order valence-corrected chi connectivity index (χ3v) is 3.42. The Morgan fingerprint density at radius 2 is 1.33 bits per heavy atom. The second kappa shape index (κ2) is 5.39. The van der Waals surface area contributed by atoms with Crippen LogP contribution in [0.25, 0.3) is 11.1 Å². The molecule has 0 atom stereocenters. The summed E-state index contributed by atoms with van der Waals surface area (Å²) in [5.74, 6) is 1.13. The summed E-state index contributed by atoms with van der Waals surface area (Å²) in [6.45, 7) is 9.12. The Balaban J connectivity index is 2.64. The molecule has 0 aliphatic heterocycles. The van der Waals surface area contributed by atoms with Gasteiger partial charge in [0, 0.05) is 0 Å². The Morgan fingerprint density at radius 3 is 1.89 bits per heavy atom. The summed E-state index contributed by atoms with van der Waals surface area (Å²) in [7, 11) is 0. The van der Waals surface area contributed by atoms with Crippen LogP contribution in [-0.4, -0.2) is 0 Å². The van der Waals surface area contributed by atoms with E-state index < -0.39 is 0 Å². The minimum absolute atomic E-state index is 0.554. The minimum atomic E-state index is 0.554. The summed E-state index contributed by atoms with van der Waals surface area (Å²) >= 11 is 0. The standard InChI is InChI=1S/C18H22/c1-13(2)16-11-8-12-17(18(16)14(3)4)15-9-6-5-7-10-15/h5-14H,1-4H3. The van der Waals surface area contributed by atoms with Crippen LogP contribution in [0.1, 0.15) is 50.7 Å². The van der Waals surface area contributed by atoms with E-state index in [-0.39, 0.29) is 0 Å². The van der Waals surface area contributed by atoms with Gasteiger partial charge in [0.1, 0.15) is 0 Å². The molecule has 0 spiro atoms. The highest BCUT2D eigenvalue weighted by Gasteiger charge is 2.14. The molecule has 0 aromatic heterocycles. The van der Waals surface area contributed by atoms with Crippen molar-refractivity contribution in [2.45, 2.75) is 39.5 Å². The molecule has 2 aromatic carbocycles. The van der Waals surface area contributed by atoms with E-state index >= 15 is 0 Å². The Labute approximate surface area is 111 Å². The first-order valence-corrected chi connectivity index (χ1v) is 6.79. The highest BCUT2D eigenvalue weighted by Crippen LogP contribution is 2.34. The fraction of sp³-hybridized carbons (Fsp3) is 0.333. The lowest BCUT2D eigenvalue weighted by Crippen LogP contribution is -2.01. The van der Waals surface area contributed by atoms with Gasteiger partial charge in [-0.05, 0) is 34.1 Å². The monoisotopic (exact) mass is 238 g/mol. The van der Waals surface area contributed by atoms with E-state index in [1.54, 1.807) is 0 Å². The van der Waals surface area contributed by atoms with Crippen molar-refractivity contribution >= 4 is 0 Å². The number of hydrogen-bond donors (Lipinski definition) is 0. The minimum Gasteiger partial charge on any atom is -0.0622 e. The van der Waals surface area contributed by atoms with Crippen LogP contribution >= 0.6 is 0 Å². The van der Waals surface area contributed by atoms with E-state index in [2.05, 4.69) is 76.2 Å². The molecule has 2 rings (SSSR count). The second-order valence-electron chi connectivity index (χ2n) is 5.48. The third-order valence-electron chi connectivity index (χ3n) is 3.42. The maximum atomic E-state index is 2.29. The van der Waals surface area contributed by atoms with Gasteiger partial charge in [-0.15, -0.1) is 0 Å². The van der Waals surface area contributed by atoms with Gasteiger partial charge in [-0.25, -0.2) is 0 Å². The molecule has 0 saturated carbocycles. The molecule has 0 radical (unpaired) electrons. The van der Waals surface area contributed by atoms with E-state index in [4.69, 9.17) is 0 Å². The molecule has 0 N–H and O–H groups in total. The largest absolute Gasteiger partial charge is 0.0622 e. The molecule has 18 heavy (non-hydrogen) atoms. The van der Waals surface area contributed by atoms with Crippen LogP contribution in [0.4, 0.5) is 0 Å². The summed E-state index contributed by atoms with van der Waals surface area (Å²) < 4.78 is 0. The van der Waals surface area contributed by atoms with Crippen molar-refractivity contribution in [3.8, 4) is 11.1 Å². The zero-order chi connectivity index (χ0) is 13.1. The SMILES string of the molecule is CC(C)c1cccc(-c2ccccc2)c1C(C)C. The maximum absolute atomic E-state index is 2.29. The quantitative estimate of drug-likeness (QED) is 0.653. The first kappa shape index (κ1) is 12.9. The molecule has 94 valence electrons. The van der Waals surface area contributed by atoms with Gasteiger partial charge in [0.05, 0.1) is 0 Å². The molecule has 0 heterocycles. The molecular weight excluding hydrogens is 216 g/mol. The van der Waals surface area contributed by atoms with Gasteiger partial charge in [0.15, 0.2) is 0 Å². The van der Waals surface area contributed by atoms with Gasteiger partial charge < -0.3 is 0 Å². The predicted octanol–water partition coefficient (Wildman–Crippen LogP) is 5.60. The van der Waals surface area contributed by atoms with Crippen molar-refractivity contribution in [3.63, 3.8) is 0 Å². The van der Waals surface area contributed by atoms with Crippen LogP contribution in [0.15, 0.2) is 48.5 Å². The van der Waals surface area contributed by atoms with E-state index in [0.29, 0.717) is 11.8 Å².